The van der Waals surface area contributed by atoms with Crippen molar-refractivity contribution in [2.24, 2.45) is 0 Å². The van der Waals surface area contributed by atoms with Gasteiger partial charge in [0.15, 0.2) is 6.10 Å². The Morgan fingerprint density at radius 2 is 0.566 bits per heavy atom. The molecule has 0 rings (SSSR count). The van der Waals surface area contributed by atoms with Crippen molar-refractivity contribution in [3.8, 4) is 0 Å². The van der Waals surface area contributed by atoms with Crippen LogP contribution in [0.5, 0.6) is 0 Å². The van der Waals surface area contributed by atoms with Crippen LogP contribution in [-0.2, 0) is 19.1 Å². The highest BCUT2D eigenvalue weighted by Gasteiger charge is 2.16. The zero-order valence-electron chi connectivity index (χ0n) is 50.5. The molecule has 5 heteroatoms. The molecular formula is C71H126O5. The Labute approximate surface area is 473 Å². The van der Waals surface area contributed by atoms with Crippen LogP contribution >= 0.6 is 0 Å². The number of esters is 2. The van der Waals surface area contributed by atoms with Crippen LogP contribution in [-0.4, -0.2) is 36.4 Å². The highest BCUT2D eigenvalue weighted by molar-refractivity contribution is 5.70. The molecule has 0 radical (unpaired) electrons. The topological polar surface area (TPSA) is 72.8 Å². The fourth-order valence-electron chi connectivity index (χ4n) is 9.73. The second-order valence-electron chi connectivity index (χ2n) is 22.2. The lowest BCUT2D eigenvalue weighted by atomic mass is 10.0. The molecule has 0 bridgehead atoms. The van der Waals surface area contributed by atoms with E-state index in [1.165, 1.54) is 231 Å². The largest absolute Gasteiger partial charge is 0.462 e. The number of unbranched alkanes of at least 4 members (excludes halogenated alkanes) is 39. The molecule has 0 heterocycles. The SMILES string of the molecule is CC/C=C\C/C=C\C/C=C\C/C=C\C/C=C\C/C=C\CCCCC(=O)OC(CO)COC(=O)CCCCCCCCCCCCCCCCCCCCCCCCCCCCCCC/C=C\CCCCCCCCCC. The summed E-state index contributed by atoms with van der Waals surface area (Å²) in [7, 11) is 0. The van der Waals surface area contributed by atoms with E-state index in [-0.39, 0.29) is 25.2 Å². The maximum Gasteiger partial charge on any atom is 0.306 e. The molecule has 0 aliphatic rings. The van der Waals surface area contributed by atoms with Crippen LogP contribution in [0, 0.1) is 0 Å². The van der Waals surface area contributed by atoms with E-state index in [4.69, 9.17) is 9.47 Å². The fraction of sp³-hybridized carbons (Fsp3) is 0.775. The molecule has 76 heavy (non-hydrogen) atoms. The number of carbonyl (C=O) groups is 2. The molecule has 5 nitrogen and oxygen atoms in total. The fourth-order valence-corrected chi connectivity index (χ4v) is 9.73. The zero-order valence-corrected chi connectivity index (χ0v) is 50.5. The molecule has 0 saturated carbocycles. The third kappa shape index (κ3) is 63.6. The second kappa shape index (κ2) is 66.4. The van der Waals surface area contributed by atoms with E-state index in [2.05, 4.69) is 98.9 Å². The van der Waals surface area contributed by atoms with Crippen molar-refractivity contribution in [1.29, 1.82) is 0 Å². The molecular weight excluding hydrogens is 933 g/mol. The van der Waals surface area contributed by atoms with Gasteiger partial charge in [-0.3, -0.25) is 9.59 Å². The number of aliphatic hydroxyl groups is 1. The number of ether oxygens (including phenoxy) is 2. The molecule has 1 unspecified atom stereocenters. The average Bonchev–Trinajstić information content (AvgIpc) is 3.42. The second-order valence-corrected chi connectivity index (χ2v) is 22.2. The molecule has 0 aliphatic carbocycles. The van der Waals surface area contributed by atoms with Crippen LogP contribution in [0.2, 0.25) is 0 Å². The molecule has 0 aromatic carbocycles. The van der Waals surface area contributed by atoms with Gasteiger partial charge in [0.25, 0.3) is 0 Å². The van der Waals surface area contributed by atoms with Crippen LogP contribution < -0.4 is 0 Å². The molecule has 1 atom stereocenters. The number of aliphatic hydroxyl groups excluding tert-OH is 1. The Morgan fingerprint density at radius 3 is 0.895 bits per heavy atom. The zero-order chi connectivity index (χ0) is 54.8. The van der Waals surface area contributed by atoms with E-state index in [9.17, 15) is 14.7 Å². The molecule has 0 fully saturated rings. The van der Waals surface area contributed by atoms with Crippen molar-refractivity contribution in [3.63, 3.8) is 0 Å². The molecule has 0 aromatic rings. The molecule has 0 aliphatic heterocycles. The first kappa shape index (κ1) is 73.1. The standard InChI is InChI=1S/C71H126O5/c1-3-5-7-9-11-13-15-17-19-21-23-25-26-27-28-29-30-31-32-33-34-35-36-37-38-39-40-41-42-43-44-46-47-49-51-53-55-57-59-61-63-65-70(73)75-68-69(67-72)76-71(74)66-64-62-60-58-56-54-52-50-48-45-24-22-20-18-16-14-12-10-8-6-4-2/h6,8,12,14,18,20-21,23-24,45,50,52,56,58,69,72H,3-5,7,9-11,13,15-17,19,22,25-44,46-49,51,53-55,57,59-68H2,1-2H3/b8-6-,14-12-,20-18-,23-21-,45-24-,52-50-,58-56-. The van der Waals surface area contributed by atoms with E-state index < -0.39 is 6.10 Å². The van der Waals surface area contributed by atoms with Gasteiger partial charge >= 0.3 is 11.9 Å². The van der Waals surface area contributed by atoms with E-state index in [0.717, 1.165) is 77.0 Å². The minimum absolute atomic E-state index is 0.0847. The minimum atomic E-state index is -0.800. The third-order valence-electron chi connectivity index (χ3n) is 14.7. The Hall–Kier alpha value is -2.92. The van der Waals surface area contributed by atoms with Crippen LogP contribution in [0.25, 0.3) is 0 Å². The Balaban J connectivity index is 3.42. The van der Waals surface area contributed by atoms with Crippen molar-refractivity contribution in [2.75, 3.05) is 13.2 Å². The summed E-state index contributed by atoms with van der Waals surface area (Å²) in [4.78, 5) is 24.5. The maximum atomic E-state index is 12.3. The number of rotatable bonds is 61. The van der Waals surface area contributed by atoms with Gasteiger partial charge in [-0.25, -0.2) is 0 Å². The van der Waals surface area contributed by atoms with Gasteiger partial charge in [-0.2, -0.15) is 0 Å². The number of hydrogen-bond acceptors (Lipinski definition) is 5. The van der Waals surface area contributed by atoms with Gasteiger partial charge in [0, 0.05) is 12.8 Å². The summed E-state index contributed by atoms with van der Waals surface area (Å²) in [5.41, 5.74) is 0. The predicted molar refractivity (Wildman–Crippen MR) is 334 cm³/mol. The first-order chi connectivity index (χ1) is 37.6. The van der Waals surface area contributed by atoms with Crippen LogP contribution in [0.15, 0.2) is 85.1 Å². The molecule has 1 N–H and O–H groups in total. The molecule has 0 saturated heterocycles. The van der Waals surface area contributed by atoms with Gasteiger partial charge in [-0.05, 0) is 89.9 Å². The lowest BCUT2D eigenvalue weighted by molar-refractivity contribution is -0.161. The van der Waals surface area contributed by atoms with Crippen molar-refractivity contribution in [1.82, 2.24) is 0 Å². The van der Waals surface area contributed by atoms with E-state index in [1.54, 1.807) is 0 Å². The molecule has 0 spiro atoms. The van der Waals surface area contributed by atoms with Gasteiger partial charge in [-0.15, -0.1) is 0 Å². The van der Waals surface area contributed by atoms with Crippen molar-refractivity contribution >= 4 is 11.9 Å². The highest BCUT2D eigenvalue weighted by atomic mass is 16.6. The third-order valence-corrected chi connectivity index (χ3v) is 14.7. The molecule has 0 aromatic heterocycles. The first-order valence-corrected chi connectivity index (χ1v) is 33.1. The average molecular weight is 1060 g/mol. The van der Waals surface area contributed by atoms with Gasteiger partial charge in [0.1, 0.15) is 6.61 Å². The van der Waals surface area contributed by atoms with Crippen molar-refractivity contribution in [2.45, 2.75) is 341 Å². The smallest absolute Gasteiger partial charge is 0.306 e. The summed E-state index contributed by atoms with van der Waals surface area (Å²) in [6.07, 6.45) is 93.4. The summed E-state index contributed by atoms with van der Waals surface area (Å²) in [6, 6.07) is 0. The monoisotopic (exact) mass is 1060 g/mol. The summed E-state index contributed by atoms with van der Waals surface area (Å²) in [6.45, 7) is 4.02. The quantitative estimate of drug-likeness (QED) is 0.0373. The first-order valence-electron chi connectivity index (χ1n) is 33.1. The summed E-state index contributed by atoms with van der Waals surface area (Å²) in [5, 5.41) is 9.66. The summed E-state index contributed by atoms with van der Waals surface area (Å²) >= 11 is 0. The van der Waals surface area contributed by atoms with Gasteiger partial charge < -0.3 is 14.6 Å². The van der Waals surface area contributed by atoms with Crippen LogP contribution in [0.1, 0.15) is 335 Å². The maximum absolute atomic E-state index is 12.3. The van der Waals surface area contributed by atoms with Gasteiger partial charge in [-0.1, -0.05) is 317 Å². The van der Waals surface area contributed by atoms with Gasteiger partial charge in [0.05, 0.1) is 6.61 Å². The summed E-state index contributed by atoms with van der Waals surface area (Å²) in [5.74, 6) is -0.633. The Morgan fingerprint density at radius 1 is 0.316 bits per heavy atom. The van der Waals surface area contributed by atoms with Crippen molar-refractivity contribution < 1.29 is 24.2 Å². The van der Waals surface area contributed by atoms with E-state index in [0.29, 0.717) is 12.8 Å². The number of hydrogen-bond donors (Lipinski definition) is 1. The highest BCUT2D eigenvalue weighted by Crippen LogP contribution is 2.18. The van der Waals surface area contributed by atoms with Gasteiger partial charge in [0.2, 0.25) is 0 Å². The van der Waals surface area contributed by atoms with Crippen molar-refractivity contribution in [3.05, 3.63) is 85.1 Å². The number of carbonyl (C=O) groups excluding carboxylic acids is 2. The Bertz CT molecular complexity index is 1380. The Kier molecular flexibility index (Phi) is 63.8. The number of allylic oxidation sites excluding steroid dienone is 14. The van der Waals surface area contributed by atoms with Crippen LogP contribution in [0.4, 0.5) is 0 Å². The molecule has 440 valence electrons. The minimum Gasteiger partial charge on any atom is -0.462 e. The predicted octanol–water partition coefficient (Wildman–Crippen LogP) is 22.9. The lowest BCUT2D eigenvalue weighted by Crippen LogP contribution is -2.28. The van der Waals surface area contributed by atoms with E-state index in [1.807, 2.05) is 0 Å². The lowest BCUT2D eigenvalue weighted by Gasteiger charge is -2.15. The normalized spacial score (nSPS) is 12.7. The molecule has 0 amide bonds. The van der Waals surface area contributed by atoms with E-state index >= 15 is 0 Å². The van der Waals surface area contributed by atoms with Crippen LogP contribution in [0.3, 0.4) is 0 Å². The summed E-state index contributed by atoms with van der Waals surface area (Å²) < 4.78 is 10.7.